The summed E-state index contributed by atoms with van der Waals surface area (Å²) in [4.78, 5) is 48.4. The van der Waals surface area contributed by atoms with E-state index in [-0.39, 0.29) is 36.5 Å². The minimum Gasteiger partial charge on any atom is -0.497 e. The van der Waals surface area contributed by atoms with Crippen molar-refractivity contribution in [3.8, 4) is 5.75 Å². The first-order valence-electron chi connectivity index (χ1n) is 9.27. The van der Waals surface area contributed by atoms with Gasteiger partial charge in [0.2, 0.25) is 11.7 Å². The molecule has 1 aliphatic rings. The van der Waals surface area contributed by atoms with E-state index in [4.69, 9.17) is 9.47 Å². The van der Waals surface area contributed by atoms with E-state index in [1.54, 1.807) is 6.92 Å². The number of nitro groups is 1. The van der Waals surface area contributed by atoms with Crippen LogP contribution in [0.15, 0.2) is 23.3 Å². The van der Waals surface area contributed by atoms with E-state index in [1.807, 2.05) is 6.92 Å². The highest BCUT2D eigenvalue weighted by atomic mass is 16.6. The fraction of sp³-hybridized carbons (Fsp3) is 0.474. The average Bonchev–Trinajstić information content (AvgIpc) is 3.16. The Morgan fingerprint density at radius 1 is 1.31 bits per heavy atom. The number of carbonyl (C=O) groups is 3. The Bertz CT molecular complexity index is 850. The SMILES string of the molecule is CCCCC(=O)N1N=C(C(=O)c2cc(OC)ccc2[N+](=O)[O-])CC1C(=O)OCC. The molecule has 10 heteroatoms. The van der Waals surface area contributed by atoms with Crippen molar-refractivity contribution < 1.29 is 28.8 Å². The Morgan fingerprint density at radius 3 is 2.62 bits per heavy atom. The third kappa shape index (κ3) is 4.95. The van der Waals surface area contributed by atoms with Gasteiger partial charge in [0.05, 0.1) is 18.6 Å². The van der Waals surface area contributed by atoms with Crippen molar-refractivity contribution in [1.29, 1.82) is 0 Å². The van der Waals surface area contributed by atoms with E-state index in [2.05, 4.69) is 5.10 Å². The maximum absolute atomic E-state index is 13.0. The molecule has 0 N–H and O–H groups in total. The highest BCUT2D eigenvalue weighted by Gasteiger charge is 2.40. The topological polar surface area (TPSA) is 128 Å². The van der Waals surface area contributed by atoms with Crippen LogP contribution in [-0.4, -0.2) is 53.1 Å². The fourth-order valence-corrected chi connectivity index (χ4v) is 2.88. The van der Waals surface area contributed by atoms with Gasteiger partial charge in [-0.1, -0.05) is 13.3 Å². The molecule has 1 amide bonds. The van der Waals surface area contributed by atoms with Gasteiger partial charge in [-0.3, -0.25) is 19.7 Å². The molecule has 0 aliphatic carbocycles. The summed E-state index contributed by atoms with van der Waals surface area (Å²) >= 11 is 0. The van der Waals surface area contributed by atoms with Gasteiger partial charge in [-0.25, -0.2) is 9.80 Å². The lowest BCUT2D eigenvalue weighted by Gasteiger charge is -2.19. The Labute approximate surface area is 167 Å². The van der Waals surface area contributed by atoms with Crippen LogP contribution in [0.1, 0.15) is 49.9 Å². The molecule has 1 atom stereocenters. The minimum atomic E-state index is -1.07. The molecule has 1 heterocycles. The zero-order valence-electron chi connectivity index (χ0n) is 16.5. The lowest BCUT2D eigenvalue weighted by molar-refractivity contribution is -0.385. The summed E-state index contributed by atoms with van der Waals surface area (Å²) in [5.74, 6) is -1.57. The third-order valence-corrected chi connectivity index (χ3v) is 4.38. The molecule has 156 valence electrons. The molecule has 1 aromatic carbocycles. The van der Waals surface area contributed by atoms with Crippen LogP contribution in [0, 0.1) is 10.1 Å². The minimum absolute atomic E-state index is 0.108. The largest absolute Gasteiger partial charge is 0.497 e. The van der Waals surface area contributed by atoms with E-state index in [1.165, 1.54) is 19.2 Å². The van der Waals surface area contributed by atoms with Crippen LogP contribution in [0.5, 0.6) is 5.75 Å². The second kappa shape index (κ2) is 9.76. The van der Waals surface area contributed by atoms with Crippen molar-refractivity contribution in [2.24, 2.45) is 5.10 Å². The van der Waals surface area contributed by atoms with Crippen LogP contribution in [0.3, 0.4) is 0 Å². The maximum atomic E-state index is 13.0. The normalized spacial score (nSPS) is 15.6. The molecule has 1 aromatic rings. The highest BCUT2D eigenvalue weighted by molar-refractivity contribution is 6.47. The van der Waals surface area contributed by atoms with Crippen LogP contribution in [0.2, 0.25) is 0 Å². The number of ketones is 1. The molecule has 1 unspecified atom stereocenters. The first kappa shape index (κ1) is 22.0. The molecule has 10 nitrogen and oxygen atoms in total. The first-order valence-corrected chi connectivity index (χ1v) is 9.27. The summed E-state index contributed by atoms with van der Waals surface area (Å²) in [5, 5.41) is 16.3. The van der Waals surface area contributed by atoms with Crippen molar-refractivity contribution in [3.63, 3.8) is 0 Å². The number of hydrogen-bond acceptors (Lipinski definition) is 8. The van der Waals surface area contributed by atoms with Crippen molar-refractivity contribution in [1.82, 2.24) is 5.01 Å². The zero-order chi connectivity index (χ0) is 21.6. The van der Waals surface area contributed by atoms with Gasteiger partial charge in [0.15, 0.2) is 6.04 Å². The monoisotopic (exact) mass is 405 g/mol. The Kier molecular flexibility index (Phi) is 7.40. The van der Waals surface area contributed by atoms with Crippen LogP contribution in [0.25, 0.3) is 0 Å². The van der Waals surface area contributed by atoms with Gasteiger partial charge in [0.1, 0.15) is 17.0 Å². The predicted molar refractivity (Wildman–Crippen MR) is 103 cm³/mol. The molecule has 29 heavy (non-hydrogen) atoms. The van der Waals surface area contributed by atoms with Crippen LogP contribution < -0.4 is 4.74 Å². The number of unbranched alkanes of at least 4 members (excludes halogenated alkanes) is 1. The van der Waals surface area contributed by atoms with E-state index < -0.39 is 34.3 Å². The van der Waals surface area contributed by atoms with E-state index in [9.17, 15) is 24.5 Å². The summed E-state index contributed by atoms with van der Waals surface area (Å²) in [7, 11) is 1.37. The Hall–Kier alpha value is -3.30. The zero-order valence-corrected chi connectivity index (χ0v) is 16.5. The number of ether oxygens (including phenoxy) is 2. The number of nitro benzene ring substituents is 1. The molecule has 0 saturated carbocycles. The first-order chi connectivity index (χ1) is 13.8. The van der Waals surface area contributed by atoms with Gasteiger partial charge in [-0.2, -0.15) is 5.10 Å². The quantitative estimate of drug-likeness (QED) is 0.267. The number of Topliss-reactive ketones (excluding diaryl/α,β-unsaturated/α-hetero) is 1. The van der Waals surface area contributed by atoms with Crippen LogP contribution in [-0.2, 0) is 14.3 Å². The lowest BCUT2D eigenvalue weighted by Crippen LogP contribution is -2.39. The maximum Gasteiger partial charge on any atom is 0.331 e. The molecular weight excluding hydrogens is 382 g/mol. The van der Waals surface area contributed by atoms with Crippen molar-refractivity contribution >= 4 is 29.1 Å². The molecule has 1 aliphatic heterocycles. The molecule has 2 rings (SSSR count). The summed E-state index contributed by atoms with van der Waals surface area (Å²) in [5.41, 5.74) is -0.759. The van der Waals surface area contributed by atoms with E-state index in [0.29, 0.717) is 6.42 Å². The molecule has 0 fully saturated rings. The molecule has 0 radical (unpaired) electrons. The molecule has 0 aromatic heterocycles. The van der Waals surface area contributed by atoms with Crippen molar-refractivity contribution in [2.45, 2.75) is 45.6 Å². The molecule has 0 bridgehead atoms. The number of esters is 1. The summed E-state index contributed by atoms with van der Waals surface area (Å²) in [6.07, 6.45) is 1.36. The number of nitrogens with zero attached hydrogens (tertiary/aromatic N) is 3. The third-order valence-electron chi connectivity index (χ3n) is 4.38. The number of hydrogen-bond donors (Lipinski definition) is 0. The summed E-state index contributed by atoms with van der Waals surface area (Å²) < 4.78 is 10.0. The number of methoxy groups -OCH3 is 1. The Balaban J connectivity index is 2.40. The van der Waals surface area contributed by atoms with Crippen LogP contribution in [0.4, 0.5) is 5.69 Å². The molecule has 0 spiro atoms. The lowest BCUT2D eigenvalue weighted by atomic mass is 10.0. The number of benzene rings is 1. The van der Waals surface area contributed by atoms with E-state index >= 15 is 0 Å². The van der Waals surface area contributed by atoms with Gasteiger partial charge < -0.3 is 9.47 Å². The summed E-state index contributed by atoms with van der Waals surface area (Å²) in [6, 6.07) is 2.70. The summed E-state index contributed by atoms with van der Waals surface area (Å²) in [6.45, 7) is 3.65. The standard InChI is InChI=1S/C19H23N3O7/c1-4-6-7-17(23)21-16(19(25)29-5-2)11-14(20-21)18(24)13-10-12(28-3)8-9-15(13)22(26)27/h8-10,16H,4-7,11H2,1-3H3. The second-order valence-electron chi connectivity index (χ2n) is 6.33. The number of rotatable bonds is 9. The smallest absolute Gasteiger partial charge is 0.331 e. The van der Waals surface area contributed by atoms with Gasteiger partial charge in [-0.05, 0) is 25.5 Å². The number of hydrazone groups is 1. The number of carbonyl (C=O) groups excluding carboxylic acids is 3. The predicted octanol–water partition coefficient (Wildman–Crippen LogP) is 2.50. The van der Waals surface area contributed by atoms with Gasteiger partial charge in [-0.15, -0.1) is 0 Å². The van der Waals surface area contributed by atoms with E-state index in [0.717, 1.165) is 17.5 Å². The second-order valence-corrected chi connectivity index (χ2v) is 6.33. The number of amides is 1. The van der Waals surface area contributed by atoms with Gasteiger partial charge in [0, 0.05) is 18.9 Å². The van der Waals surface area contributed by atoms with Crippen molar-refractivity contribution in [3.05, 3.63) is 33.9 Å². The van der Waals surface area contributed by atoms with Gasteiger partial charge in [0.25, 0.3) is 5.69 Å². The van der Waals surface area contributed by atoms with Gasteiger partial charge >= 0.3 is 5.97 Å². The Morgan fingerprint density at radius 2 is 2.03 bits per heavy atom. The van der Waals surface area contributed by atoms with Crippen molar-refractivity contribution in [2.75, 3.05) is 13.7 Å². The molecular formula is C19H23N3O7. The molecule has 0 saturated heterocycles. The highest BCUT2D eigenvalue weighted by Crippen LogP contribution is 2.28. The fourth-order valence-electron chi connectivity index (χ4n) is 2.88. The van der Waals surface area contributed by atoms with Crippen LogP contribution >= 0.6 is 0 Å². The average molecular weight is 405 g/mol.